The van der Waals surface area contributed by atoms with E-state index in [1.54, 1.807) is 5.38 Å². The van der Waals surface area contributed by atoms with Gasteiger partial charge in [-0.3, -0.25) is 4.79 Å². The number of thiophene rings is 1. The first kappa shape index (κ1) is 18.1. The molecule has 3 aromatic rings. The molecule has 0 bridgehead atoms. The third-order valence-corrected chi connectivity index (χ3v) is 5.34. The van der Waals surface area contributed by atoms with Gasteiger partial charge in [0, 0.05) is 16.8 Å². The van der Waals surface area contributed by atoms with Crippen molar-refractivity contribution in [2.45, 2.75) is 5.33 Å². The van der Waals surface area contributed by atoms with Crippen LogP contribution >= 0.6 is 27.3 Å². The van der Waals surface area contributed by atoms with Crippen LogP contribution in [-0.4, -0.2) is 17.0 Å². The summed E-state index contributed by atoms with van der Waals surface area (Å²) >= 11 is 4.61. The van der Waals surface area contributed by atoms with E-state index in [1.807, 2.05) is 24.3 Å². The molecule has 6 nitrogen and oxygen atoms in total. The minimum Gasteiger partial charge on any atom is -0.619 e. The molecule has 0 saturated carbocycles. The molecule has 2 aromatic heterocycles. The second kappa shape index (κ2) is 7.67. The molecule has 0 aliphatic heterocycles. The number of carbonyl (C=O) groups is 2. The number of carboxylic acids is 1. The van der Waals surface area contributed by atoms with E-state index in [9.17, 15) is 19.9 Å². The van der Waals surface area contributed by atoms with Crippen LogP contribution in [0.2, 0.25) is 0 Å². The van der Waals surface area contributed by atoms with Crippen LogP contribution in [0, 0.1) is 5.21 Å². The van der Waals surface area contributed by atoms with Gasteiger partial charge >= 0.3 is 5.97 Å². The summed E-state index contributed by atoms with van der Waals surface area (Å²) in [5.74, 6) is -1.68. The maximum Gasteiger partial charge on any atom is 0.339 e. The lowest BCUT2D eigenvalue weighted by atomic mass is 10.1. The Labute approximate surface area is 161 Å². The fourth-order valence-electron chi connectivity index (χ4n) is 2.40. The lowest BCUT2D eigenvalue weighted by molar-refractivity contribution is -0.605. The zero-order chi connectivity index (χ0) is 18.7. The molecule has 8 heteroatoms. The number of alkyl halides is 1. The van der Waals surface area contributed by atoms with E-state index in [1.165, 1.54) is 29.7 Å². The number of benzene rings is 1. The van der Waals surface area contributed by atoms with Crippen LogP contribution in [0.15, 0.2) is 54.2 Å². The van der Waals surface area contributed by atoms with Crippen molar-refractivity contribution in [2.24, 2.45) is 0 Å². The molecule has 0 fully saturated rings. The van der Waals surface area contributed by atoms with Gasteiger partial charge in [0.05, 0.1) is 10.6 Å². The van der Waals surface area contributed by atoms with Crippen molar-refractivity contribution in [3.63, 3.8) is 0 Å². The van der Waals surface area contributed by atoms with E-state index in [0.29, 0.717) is 14.9 Å². The summed E-state index contributed by atoms with van der Waals surface area (Å²) in [4.78, 5) is 24.6. The molecule has 2 heterocycles. The maximum atomic E-state index is 12.3. The molecule has 1 amide bonds. The van der Waals surface area contributed by atoms with Gasteiger partial charge in [0.25, 0.3) is 5.91 Å². The van der Waals surface area contributed by atoms with Gasteiger partial charge in [-0.05, 0) is 17.2 Å². The van der Waals surface area contributed by atoms with Crippen LogP contribution in [0.1, 0.15) is 26.3 Å². The smallest absolute Gasteiger partial charge is 0.339 e. The molecular weight excluding hydrogens is 420 g/mol. The first-order valence-electron chi connectivity index (χ1n) is 7.50. The first-order valence-corrected chi connectivity index (χ1v) is 9.50. The Balaban J connectivity index is 1.94. The van der Waals surface area contributed by atoms with Gasteiger partial charge in [0.15, 0.2) is 12.4 Å². The lowest BCUT2D eigenvalue weighted by Crippen LogP contribution is -2.27. The molecule has 0 saturated heterocycles. The van der Waals surface area contributed by atoms with Crippen molar-refractivity contribution in [3.8, 4) is 10.4 Å². The van der Waals surface area contributed by atoms with Crippen LogP contribution in [0.25, 0.3) is 10.4 Å². The highest BCUT2D eigenvalue weighted by atomic mass is 79.9. The zero-order valence-corrected chi connectivity index (χ0v) is 15.7. The summed E-state index contributed by atoms with van der Waals surface area (Å²) < 4.78 is 0.511. The monoisotopic (exact) mass is 432 g/mol. The van der Waals surface area contributed by atoms with E-state index in [-0.39, 0.29) is 16.8 Å². The minimum atomic E-state index is -1.13. The molecule has 132 valence electrons. The molecule has 0 radical (unpaired) electrons. The molecule has 0 aliphatic rings. The quantitative estimate of drug-likeness (QED) is 0.363. The number of aromatic nitrogens is 1. The molecule has 0 spiro atoms. The fraction of sp³-hybridized carbons (Fsp3) is 0.0556. The molecular formula is C18H13BrN2O4S. The predicted molar refractivity (Wildman–Crippen MR) is 103 cm³/mol. The summed E-state index contributed by atoms with van der Waals surface area (Å²) in [7, 11) is 0. The van der Waals surface area contributed by atoms with E-state index in [4.69, 9.17) is 0 Å². The molecule has 3 rings (SSSR count). The molecule has 1 aromatic carbocycles. The number of carbonyl (C=O) groups excluding carboxylic acids is 1. The molecule has 26 heavy (non-hydrogen) atoms. The van der Waals surface area contributed by atoms with E-state index in [0.717, 1.165) is 17.3 Å². The highest BCUT2D eigenvalue weighted by molar-refractivity contribution is 9.08. The third kappa shape index (κ3) is 3.76. The number of rotatable bonds is 5. The van der Waals surface area contributed by atoms with Crippen molar-refractivity contribution in [3.05, 3.63) is 76.1 Å². The van der Waals surface area contributed by atoms with Crippen molar-refractivity contribution in [1.29, 1.82) is 0 Å². The number of anilines is 1. The van der Waals surface area contributed by atoms with Crippen molar-refractivity contribution in [1.82, 2.24) is 0 Å². The molecule has 0 aliphatic carbocycles. The Kier molecular flexibility index (Phi) is 5.34. The second-order valence-corrected chi connectivity index (χ2v) is 6.84. The van der Waals surface area contributed by atoms with Gasteiger partial charge < -0.3 is 15.6 Å². The number of nitrogens with zero attached hydrogens (tertiary/aromatic N) is 1. The van der Waals surface area contributed by atoms with E-state index in [2.05, 4.69) is 21.2 Å². The van der Waals surface area contributed by atoms with E-state index < -0.39 is 11.9 Å². The highest BCUT2D eigenvalue weighted by Gasteiger charge is 2.22. The van der Waals surface area contributed by atoms with Crippen LogP contribution in [0.4, 0.5) is 5.69 Å². The number of carboxylic acid groups (broad SMARTS) is 1. The van der Waals surface area contributed by atoms with Gasteiger partial charge in [0.2, 0.25) is 0 Å². The number of pyridine rings is 1. The number of hydrogen-bond acceptors (Lipinski definition) is 4. The molecule has 2 N–H and O–H groups in total. The van der Waals surface area contributed by atoms with Crippen LogP contribution in [0.5, 0.6) is 0 Å². The van der Waals surface area contributed by atoms with Gasteiger partial charge in [-0.25, -0.2) is 4.79 Å². The Morgan fingerprint density at radius 1 is 1.23 bits per heavy atom. The van der Waals surface area contributed by atoms with Gasteiger partial charge in [0.1, 0.15) is 11.1 Å². The van der Waals surface area contributed by atoms with Gasteiger partial charge in [-0.2, -0.15) is 4.73 Å². The van der Waals surface area contributed by atoms with Crippen molar-refractivity contribution in [2.75, 3.05) is 5.32 Å². The molecule has 0 atom stereocenters. The standard InChI is InChI=1S/C18H13BrN2O4S/c19-8-11-3-5-12(6-4-11)16-15(18(23)24)14(10-26-16)20-17(22)13-2-1-7-21(25)9-13/h1-7,9-10H,8H2,(H,20,22)(H,23,24). The van der Waals surface area contributed by atoms with Crippen molar-refractivity contribution >= 4 is 44.8 Å². The summed E-state index contributed by atoms with van der Waals surface area (Å²) in [6.07, 6.45) is 2.39. The minimum absolute atomic E-state index is 0.0286. The SMILES string of the molecule is O=C(Nc1csc(-c2ccc(CBr)cc2)c1C(=O)O)c1ccc[n+]([O-])c1. The third-order valence-electron chi connectivity index (χ3n) is 3.66. The van der Waals surface area contributed by atoms with Crippen LogP contribution in [-0.2, 0) is 5.33 Å². The van der Waals surface area contributed by atoms with Gasteiger partial charge in [-0.1, -0.05) is 40.2 Å². The Morgan fingerprint density at radius 3 is 2.58 bits per heavy atom. The first-order chi connectivity index (χ1) is 12.5. The average Bonchev–Trinajstić information content (AvgIpc) is 3.05. The summed E-state index contributed by atoms with van der Waals surface area (Å²) in [6.45, 7) is 0. The van der Waals surface area contributed by atoms with Crippen molar-refractivity contribution < 1.29 is 19.4 Å². The number of hydrogen-bond donors (Lipinski definition) is 2. The highest BCUT2D eigenvalue weighted by Crippen LogP contribution is 2.36. The molecule has 0 unspecified atom stereocenters. The Morgan fingerprint density at radius 2 is 1.96 bits per heavy atom. The Bertz CT molecular complexity index is 970. The summed E-state index contributed by atoms with van der Waals surface area (Å²) in [6, 6.07) is 10.4. The summed E-state index contributed by atoms with van der Waals surface area (Å²) in [5, 5.41) is 25.8. The maximum absolute atomic E-state index is 12.3. The topological polar surface area (TPSA) is 93.3 Å². The number of amides is 1. The normalized spacial score (nSPS) is 10.5. The van der Waals surface area contributed by atoms with Gasteiger partial charge in [-0.15, -0.1) is 11.3 Å². The zero-order valence-electron chi connectivity index (χ0n) is 13.3. The number of halogens is 1. The largest absolute Gasteiger partial charge is 0.619 e. The average molecular weight is 433 g/mol. The van der Waals surface area contributed by atoms with Crippen LogP contribution in [0.3, 0.4) is 0 Å². The predicted octanol–water partition coefficient (Wildman–Crippen LogP) is 3.89. The van der Waals surface area contributed by atoms with E-state index >= 15 is 0 Å². The van der Waals surface area contributed by atoms with Crippen LogP contribution < -0.4 is 10.0 Å². The second-order valence-electron chi connectivity index (χ2n) is 5.40. The fourth-order valence-corrected chi connectivity index (χ4v) is 3.78. The number of aromatic carboxylic acids is 1. The summed E-state index contributed by atoms with van der Waals surface area (Å²) in [5.41, 5.74) is 2.21. The Hall–Kier alpha value is -2.71. The lowest BCUT2D eigenvalue weighted by Gasteiger charge is -2.06. The number of nitrogens with one attached hydrogen (secondary N) is 1.